The molecule has 2 aliphatic carbocycles. The minimum Gasteiger partial charge on any atom is -0.372 e. The standard InChI is InChI=1S/C45H56ClN3.C6H14.C4H7N.C2H6/c1-5-35-30-39(18-20-40(35)32(2)3)49-27-25-47(26-28-49)31-34-21-23-48(24-22-34)38-16-14-36(15-17-38)45-41-19-13-33(4)29-37(41)9-8-11-43(45)42-10-6-7-12-44(42)46;1-4-5-6(2)3;1-3-5-4-2;1-2/h7,12-20,29-30,32,34H,5-6,8-11,21-28,31H2,1-4H3;6H,4-5H2,1-3H3;3-5H,1-2H2;1-2H3. The number of benzene rings is 3. The molecule has 338 valence electrons. The van der Waals surface area contributed by atoms with Crippen molar-refractivity contribution < 1.29 is 0 Å². The molecular weight excluding hydrogens is 776 g/mol. The number of piperidine rings is 1. The first-order valence-electron chi connectivity index (χ1n) is 24.4. The molecule has 0 aromatic heterocycles. The third-order valence-electron chi connectivity index (χ3n) is 12.8. The fourth-order valence-corrected chi connectivity index (χ4v) is 9.86. The van der Waals surface area contributed by atoms with Gasteiger partial charge in [-0.15, -0.1) is 0 Å². The lowest BCUT2D eigenvalue weighted by atomic mass is 9.85. The number of rotatable bonds is 12. The van der Waals surface area contributed by atoms with E-state index in [2.05, 4.69) is 154 Å². The molecule has 0 amide bonds. The highest BCUT2D eigenvalue weighted by Gasteiger charge is 2.26. The van der Waals surface area contributed by atoms with Crippen molar-refractivity contribution in [1.82, 2.24) is 10.2 Å². The van der Waals surface area contributed by atoms with Crippen LogP contribution in [0.15, 0.2) is 115 Å². The number of hydrogen-bond donors (Lipinski definition) is 1. The van der Waals surface area contributed by atoms with Crippen LogP contribution in [0.1, 0.15) is 146 Å². The zero-order chi connectivity index (χ0) is 45.0. The Balaban J connectivity index is 0.000000573. The van der Waals surface area contributed by atoms with Gasteiger partial charge in [0.25, 0.3) is 0 Å². The SMILES string of the molecule is C=CNC=C.CC.CCCC(C)C.CCc1cc(N2CCN(CC3CCN(c4ccc(C5=C(C6=C(Cl)C=CCC6)CCCc6cc(C)ccc65)cc4)CC3)CC2)ccc1C(C)C. The average molecular weight is 860 g/mol. The molecule has 0 spiro atoms. The Morgan fingerprint density at radius 1 is 0.774 bits per heavy atom. The molecule has 2 heterocycles. The van der Waals surface area contributed by atoms with Gasteiger partial charge in [-0.2, -0.15) is 0 Å². The second-order valence-electron chi connectivity index (χ2n) is 18.0. The fourth-order valence-electron chi connectivity index (χ4n) is 9.56. The molecule has 4 nitrogen and oxygen atoms in total. The van der Waals surface area contributed by atoms with Gasteiger partial charge < -0.3 is 15.1 Å². The molecule has 0 bridgehead atoms. The van der Waals surface area contributed by atoms with Crippen molar-refractivity contribution >= 4 is 28.5 Å². The van der Waals surface area contributed by atoms with Crippen molar-refractivity contribution in [2.24, 2.45) is 11.8 Å². The first-order valence-corrected chi connectivity index (χ1v) is 24.8. The Labute approximate surface area is 384 Å². The molecule has 0 atom stereocenters. The number of nitrogens with zero attached hydrogens (tertiary/aromatic N) is 3. The lowest BCUT2D eigenvalue weighted by molar-refractivity contribution is 0.201. The van der Waals surface area contributed by atoms with Gasteiger partial charge in [0.2, 0.25) is 0 Å². The topological polar surface area (TPSA) is 21.8 Å². The first-order chi connectivity index (χ1) is 30.1. The van der Waals surface area contributed by atoms with Gasteiger partial charge in [0.15, 0.2) is 0 Å². The molecule has 2 aliphatic heterocycles. The quantitative estimate of drug-likeness (QED) is 0.196. The van der Waals surface area contributed by atoms with Crippen LogP contribution in [0.3, 0.4) is 0 Å². The number of aryl methyl sites for hydroxylation is 3. The molecule has 3 aromatic rings. The van der Waals surface area contributed by atoms with E-state index in [9.17, 15) is 0 Å². The number of anilines is 2. The van der Waals surface area contributed by atoms with Crippen LogP contribution in [0.4, 0.5) is 11.4 Å². The van der Waals surface area contributed by atoms with Gasteiger partial charge in [-0.05, 0) is 163 Å². The lowest BCUT2D eigenvalue weighted by Gasteiger charge is -2.40. The Bertz CT molecular complexity index is 1910. The van der Waals surface area contributed by atoms with E-state index >= 15 is 0 Å². The van der Waals surface area contributed by atoms with Gasteiger partial charge in [-0.1, -0.05) is 141 Å². The van der Waals surface area contributed by atoms with Gasteiger partial charge in [-0.25, -0.2) is 0 Å². The number of allylic oxidation sites excluding steroid dienone is 5. The average Bonchev–Trinajstić information content (AvgIpc) is 3.47. The second-order valence-corrected chi connectivity index (χ2v) is 18.5. The minimum absolute atomic E-state index is 0.591. The summed E-state index contributed by atoms with van der Waals surface area (Å²) in [6, 6.07) is 23.8. The van der Waals surface area contributed by atoms with Crippen molar-refractivity contribution in [3.63, 3.8) is 0 Å². The predicted molar refractivity (Wildman–Crippen MR) is 276 cm³/mol. The van der Waals surface area contributed by atoms with Gasteiger partial charge in [-0.3, -0.25) is 4.90 Å². The molecule has 5 heteroatoms. The monoisotopic (exact) mass is 859 g/mol. The van der Waals surface area contributed by atoms with E-state index in [1.807, 2.05) is 13.8 Å². The molecule has 62 heavy (non-hydrogen) atoms. The summed E-state index contributed by atoms with van der Waals surface area (Å²) in [4.78, 5) is 7.96. The highest BCUT2D eigenvalue weighted by molar-refractivity contribution is 6.32. The van der Waals surface area contributed by atoms with E-state index in [1.54, 1.807) is 12.4 Å². The third-order valence-corrected chi connectivity index (χ3v) is 13.2. The van der Waals surface area contributed by atoms with E-state index in [1.165, 1.54) is 113 Å². The Morgan fingerprint density at radius 2 is 1.44 bits per heavy atom. The summed E-state index contributed by atoms with van der Waals surface area (Å²) in [7, 11) is 0. The molecule has 0 unspecified atom stereocenters. The van der Waals surface area contributed by atoms with Crippen LogP contribution in [-0.4, -0.2) is 50.7 Å². The maximum absolute atomic E-state index is 6.88. The molecular formula is C57H83ClN4. The van der Waals surface area contributed by atoms with Crippen molar-refractivity contribution in [2.75, 3.05) is 55.6 Å². The van der Waals surface area contributed by atoms with Crippen molar-refractivity contribution in [3.05, 3.63) is 148 Å². The summed E-state index contributed by atoms with van der Waals surface area (Å²) in [5.41, 5.74) is 15.6. The highest BCUT2D eigenvalue weighted by Crippen LogP contribution is 2.42. The molecule has 0 radical (unpaired) electrons. The largest absolute Gasteiger partial charge is 0.372 e. The summed E-state index contributed by atoms with van der Waals surface area (Å²) in [6.07, 6.45) is 19.3. The highest BCUT2D eigenvalue weighted by atomic mass is 35.5. The predicted octanol–water partition coefficient (Wildman–Crippen LogP) is 15.0. The number of piperazine rings is 1. The first kappa shape index (κ1) is 50.7. The molecule has 1 N–H and O–H groups in total. The smallest absolute Gasteiger partial charge is 0.0437 e. The number of fused-ring (bicyclic) bond motifs is 1. The zero-order valence-electron chi connectivity index (χ0n) is 40.5. The number of nitrogens with one attached hydrogen (secondary N) is 1. The van der Waals surface area contributed by atoms with Crippen LogP contribution in [0.25, 0.3) is 5.57 Å². The van der Waals surface area contributed by atoms with Crippen molar-refractivity contribution in [1.29, 1.82) is 0 Å². The van der Waals surface area contributed by atoms with Crippen LogP contribution < -0.4 is 15.1 Å². The van der Waals surface area contributed by atoms with Crippen molar-refractivity contribution in [3.8, 4) is 0 Å². The molecule has 7 rings (SSSR count). The van der Waals surface area contributed by atoms with Gasteiger partial charge >= 0.3 is 0 Å². The van der Waals surface area contributed by atoms with Gasteiger partial charge in [0, 0.05) is 62.2 Å². The Kier molecular flexibility index (Phi) is 21.7. The number of hydrogen-bond acceptors (Lipinski definition) is 4. The maximum atomic E-state index is 6.88. The second kappa shape index (κ2) is 26.6. The molecule has 0 saturated carbocycles. The maximum Gasteiger partial charge on any atom is 0.0437 e. The van der Waals surface area contributed by atoms with Crippen LogP contribution in [-0.2, 0) is 12.8 Å². The Hall–Kier alpha value is -3.99. The number of halogens is 1. The third kappa shape index (κ3) is 14.5. The molecule has 2 saturated heterocycles. The van der Waals surface area contributed by atoms with Crippen LogP contribution in [0.5, 0.6) is 0 Å². The van der Waals surface area contributed by atoms with Gasteiger partial charge in [0.05, 0.1) is 0 Å². The summed E-state index contributed by atoms with van der Waals surface area (Å²) >= 11 is 6.88. The molecule has 2 fully saturated rings. The van der Waals surface area contributed by atoms with E-state index in [-0.39, 0.29) is 0 Å². The summed E-state index contributed by atoms with van der Waals surface area (Å²) in [5.74, 6) is 2.28. The van der Waals surface area contributed by atoms with Crippen LogP contribution in [0.2, 0.25) is 0 Å². The normalized spacial score (nSPS) is 17.0. The van der Waals surface area contributed by atoms with E-state index in [0.29, 0.717) is 5.92 Å². The van der Waals surface area contributed by atoms with E-state index in [0.717, 1.165) is 75.2 Å². The van der Waals surface area contributed by atoms with E-state index < -0.39 is 0 Å². The zero-order valence-corrected chi connectivity index (χ0v) is 41.2. The lowest BCUT2D eigenvalue weighted by Crippen LogP contribution is -2.49. The molecule has 4 aliphatic rings. The van der Waals surface area contributed by atoms with E-state index in [4.69, 9.17) is 11.6 Å². The summed E-state index contributed by atoms with van der Waals surface area (Å²) < 4.78 is 0. The summed E-state index contributed by atoms with van der Waals surface area (Å²) in [5, 5.41) is 3.57. The molecule has 3 aromatic carbocycles. The minimum atomic E-state index is 0.591. The van der Waals surface area contributed by atoms with Crippen LogP contribution in [0, 0.1) is 18.8 Å². The van der Waals surface area contributed by atoms with Crippen LogP contribution >= 0.6 is 11.6 Å². The summed E-state index contributed by atoms with van der Waals surface area (Å²) in [6.45, 7) is 34.8. The fraction of sp³-hybridized carbons (Fsp3) is 0.509. The van der Waals surface area contributed by atoms with Crippen molar-refractivity contribution in [2.45, 2.75) is 132 Å². The van der Waals surface area contributed by atoms with Gasteiger partial charge in [0.1, 0.15) is 0 Å². The Morgan fingerprint density at radius 3 is 2.00 bits per heavy atom.